The number of phenolic OH excluding ortho intramolecular Hbond substituents is 1. The maximum absolute atomic E-state index is 13.4. The van der Waals surface area contributed by atoms with Gasteiger partial charge in [0.2, 0.25) is 0 Å². The minimum Gasteiger partial charge on any atom is -0.504 e. The van der Waals surface area contributed by atoms with E-state index < -0.39 is 45.3 Å². The standard InChI is InChI=1S/C27H34N2O9S/c1-6-37-25(31)23-19(28-29-39(34,35)18-11-8-16(3)9-12-18)15-27(4,33)24(26(32)38-7-2)22(23)17-10-13-21(36-5)20(30)14-17/h8-14,22-24,29-30,33H,6-7,15H2,1-5H3/b28-19-/t22-,23+,24+,27-/m0/s1. The van der Waals surface area contributed by atoms with E-state index in [0.29, 0.717) is 5.56 Å². The molecule has 0 aromatic heterocycles. The lowest BCUT2D eigenvalue weighted by Gasteiger charge is -2.45. The van der Waals surface area contributed by atoms with Crippen LogP contribution < -0.4 is 9.57 Å². The number of nitrogens with one attached hydrogen (secondary N) is 1. The number of ether oxygens (including phenoxy) is 3. The first-order valence-corrected chi connectivity index (χ1v) is 13.9. The van der Waals surface area contributed by atoms with Crippen LogP contribution in [0.3, 0.4) is 0 Å². The number of esters is 2. The number of hydrogen-bond donors (Lipinski definition) is 3. The van der Waals surface area contributed by atoms with Crippen LogP contribution in [0.5, 0.6) is 11.5 Å². The number of nitrogens with zero attached hydrogens (tertiary/aromatic N) is 1. The highest BCUT2D eigenvalue weighted by Gasteiger charge is 2.56. The summed E-state index contributed by atoms with van der Waals surface area (Å²) in [5.74, 6) is -5.37. The Morgan fingerprint density at radius 1 is 1.08 bits per heavy atom. The van der Waals surface area contributed by atoms with E-state index in [0.717, 1.165) is 5.56 Å². The predicted molar refractivity (Wildman–Crippen MR) is 142 cm³/mol. The molecule has 1 aliphatic rings. The molecule has 0 spiro atoms. The Morgan fingerprint density at radius 2 is 1.69 bits per heavy atom. The van der Waals surface area contributed by atoms with Gasteiger partial charge in [0, 0.05) is 12.3 Å². The number of methoxy groups -OCH3 is 1. The van der Waals surface area contributed by atoms with Gasteiger partial charge in [-0.05, 0) is 57.5 Å². The number of benzene rings is 2. The highest BCUT2D eigenvalue weighted by atomic mass is 32.2. The molecular formula is C27H34N2O9S. The summed E-state index contributed by atoms with van der Waals surface area (Å²) >= 11 is 0. The molecule has 2 aromatic rings. The normalized spacial score (nSPS) is 24.2. The van der Waals surface area contributed by atoms with Gasteiger partial charge < -0.3 is 24.4 Å². The first kappa shape index (κ1) is 29.9. The van der Waals surface area contributed by atoms with Gasteiger partial charge in [0.25, 0.3) is 10.0 Å². The monoisotopic (exact) mass is 562 g/mol. The van der Waals surface area contributed by atoms with Crippen LogP contribution in [-0.2, 0) is 29.1 Å². The van der Waals surface area contributed by atoms with E-state index in [-0.39, 0.29) is 41.7 Å². The van der Waals surface area contributed by atoms with Crippen LogP contribution in [0, 0.1) is 18.8 Å². The maximum atomic E-state index is 13.4. The number of hydrogen-bond acceptors (Lipinski definition) is 10. The van der Waals surface area contributed by atoms with E-state index in [1.165, 1.54) is 44.4 Å². The third kappa shape index (κ3) is 6.51. The third-order valence-electron chi connectivity index (χ3n) is 6.60. The average molecular weight is 563 g/mol. The Bertz CT molecular complexity index is 1340. The molecule has 3 rings (SSSR count). The zero-order chi connectivity index (χ0) is 29.0. The second-order valence-electron chi connectivity index (χ2n) is 9.46. The molecule has 1 fully saturated rings. The largest absolute Gasteiger partial charge is 0.504 e. The van der Waals surface area contributed by atoms with Gasteiger partial charge in [0.15, 0.2) is 11.5 Å². The number of aromatic hydroxyl groups is 1. The van der Waals surface area contributed by atoms with Gasteiger partial charge >= 0.3 is 11.9 Å². The molecule has 11 nitrogen and oxygen atoms in total. The van der Waals surface area contributed by atoms with Crippen molar-refractivity contribution < 1.29 is 42.4 Å². The number of carbonyl (C=O) groups is 2. The Balaban J connectivity index is 2.19. The molecular weight excluding hydrogens is 528 g/mol. The van der Waals surface area contributed by atoms with Crippen molar-refractivity contribution >= 4 is 27.7 Å². The van der Waals surface area contributed by atoms with Crippen molar-refractivity contribution in [2.45, 2.75) is 50.5 Å². The number of carbonyl (C=O) groups excluding carboxylic acids is 2. The second-order valence-corrected chi connectivity index (χ2v) is 11.1. The molecule has 2 aromatic carbocycles. The Hall–Kier alpha value is -3.64. The Morgan fingerprint density at radius 3 is 2.26 bits per heavy atom. The fourth-order valence-electron chi connectivity index (χ4n) is 4.82. The van der Waals surface area contributed by atoms with Gasteiger partial charge in [-0.2, -0.15) is 13.5 Å². The van der Waals surface area contributed by atoms with Crippen LogP contribution in [-0.4, -0.2) is 62.2 Å². The van der Waals surface area contributed by atoms with Crippen LogP contribution in [0.2, 0.25) is 0 Å². The van der Waals surface area contributed by atoms with Crippen molar-refractivity contribution in [2.24, 2.45) is 16.9 Å². The molecule has 0 aliphatic heterocycles. The molecule has 1 aliphatic carbocycles. The zero-order valence-electron chi connectivity index (χ0n) is 22.5. The van der Waals surface area contributed by atoms with Crippen molar-refractivity contribution in [1.29, 1.82) is 0 Å². The van der Waals surface area contributed by atoms with Crippen LogP contribution in [0.25, 0.3) is 0 Å². The first-order valence-electron chi connectivity index (χ1n) is 12.4. The zero-order valence-corrected chi connectivity index (χ0v) is 23.3. The van der Waals surface area contributed by atoms with Gasteiger partial charge in [0.05, 0.1) is 42.4 Å². The molecule has 0 bridgehead atoms. The van der Waals surface area contributed by atoms with Crippen molar-refractivity contribution in [3.05, 3.63) is 53.6 Å². The molecule has 0 radical (unpaired) electrons. The van der Waals surface area contributed by atoms with Crippen LogP contribution >= 0.6 is 0 Å². The summed E-state index contributed by atoms with van der Waals surface area (Å²) in [7, 11) is -2.76. The lowest BCUT2D eigenvalue weighted by atomic mass is 9.61. The van der Waals surface area contributed by atoms with E-state index in [1.807, 2.05) is 6.92 Å². The summed E-state index contributed by atoms with van der Waals surface area (Å²) in [4.78, 5) is 28.7. The smallest absolute Gasteiger partial charge is 0.315 e. The summed E-state index contributed by atoms with van der Waals surface area (Å²) in [6.07, 6.45) is -0.338. The summed E-state index contributed by atoms with van der Waals surface area (Å²) in [6, 6.07) is 10.4. The minimum absolute atomic E-state index is 0.00123. The van der Waals surface area contributed by atoms with Gasteiger partial charge in [-0.25, -0.2) is 4.83 Å². The Labute approximate surface area is 227 Å². The molecule has 4 atom stereocenters. The van der Waals surface area contributed by atoms with Gasteiger partial charge in [-0.15, -0.1) is 0 Å². The Kier molecular flexibility index (Phi) is 9.23. The fourth-order valence-corrected chi connectivity index (χ4v) is 5.65. The molecule has 0 amide bonds. The van der Waals surface area contributed by atoms with E-state index in [9.17, 15) is 28.2 Å². The van der Waals surface area contributed by atoms with Crippen molar-refractivity contribution in [3.8, 4) is 11.5 Å². The van der Waals surface area contributed by atoms with Gasteiger partial charge in [-0.1, -0.05) is 23.8 Å². The molecule has 12 heteroatoms. The highest BCUT2D eigenvalue weighted by Crippen LogP contribution is 2.48. The topological polar surface area (TPSA) is 161 Å². The number of sulfonamides is 1. The second kappa shape index (κ2) is 12.0. The average Bonchev–Trinajstić information content (AvgIpc) is 2.87. The SMILES string of the molecule is CCOC(=O)[C@@H]1/C(=N\NS(=O)(=O)c2ccc(C)cc2)C[C@](C)(O)[C@@H](C(=O)OCC)[C@H]1c1ccc(OC)c(O)c1. The molecule has 0 heterocycles. The highest BCUT2D eigenvalue weighted by molar-refractivity contribution is 7.89. The number of phenols is 1. The van der Waals surface area contributed by atoms with Crippen molar-refractivity contribution in [1.82, 2.24) is 4.83 Å². The van der Waals surface area contributed by atoms with Crippen molar-refractivity contribution in [3.63, 3.8) is 0 Å². The van der Waals surface area contributed by atoms with E-state index in [2.05, 4.69) is 9.93 Å². The van der Waals surface area contributed by atoms with Crippen LogP contribution in [0.1, 0.15) is 44.2 Å². The van der Waals surface area contributed by atoms with Gasteiger partial charge in [0.1, 0.15) is 5.92 Å². The quantitative estimate of drug-likeness (QED) is 0.308. The first-order chi connectivity index (χ1) is 18.4. The summed E-state index contributed by atoms with van der Waals surface area (Å²) in [5.41, 5.74) is -0.709. The fraction of sp³-hybridized carbons (Fsp3) is 0.444. The molecule has 39 heavy (non-hydrogen) atoms. The van der Waals surface area contributed by atoms with E-state index in [4.69, 9.17) is 14.2 Å². The maximum Gasteiger partial charge on any atom is 0.315 e. The predicted octanol–water partition coefficient (Wildman–Crippen LogP) is 2.64. The van der Waals surface area contributed by atoms with Crippen LogP contribution in [0.15, 0.2) is 52.5 Å². The molecule has 0 saturated heterocycles. The van der Waals surface area contributed by atoms with E-state index in [1.54, 1.807) is 26.0 Å². The lowest BCUT2D eigenvalue weighted by Crippen LogP contribution is -2.55. The number of hydrazone groups is 1. The lowest BCUT2D eigenvalue weighted by molar-refractivity contribution is -0.163. The third-order valence-corrected chi connectivity index (χ3v) is 7.82. The number of aliphatic hydroxyl groups is 1. The molecule has 212 valence electrons. The molecule has 0 unspecified atom stereocenters. The van der Waals surface area contributed by atoms with Crippen LogP contribution in [0.4, 0.5) is 0 Å². The molecule has 3 N–H and O–H groups in total. The summed E-state index contributed by atoms with van der Waals surface area (Å²) < 4.78 is 41.6. The minimum atomic E-state index is -4.13. The summed E-state index contributed by atoms with van der Waals surface area (Å²) in [6.45, 7) is 6.43. The molecule has 1 saturated carbocycles. The number of aryl methyl sites for hydroxylation is 1. The van der Waals surface area contributed by atoms with Gasteiger partial charge in [-0.3, -0.25) is 9.59 Å². The number of rotatable bonds is 9. The van der Waals surface area contributed by atoms with E-state index >= 15 is 0 Å². The van der Waals surface area contributed by atoms with Crippen molar-refractivity contribution in [2.75, 3.05) is 20.3 Å². The summed E-state index contributed by atoms with van der Waals surface area (Å²) in [5, 5.41) is 26.1.